The van der Waals surface area contributed by atoms with Crippen molar-refractivity contribution in [1.82, 2.24) is 93.9 Å². The van der Waals surface area contributed by atoms with Crippen LogP contribution in [0.1, 0.15) is 209 Å². The molecule has 18 N–H and O–H groups in total. The number of nitrogens with one attached hydrogen (secondary N) is 13. The molecule has 11 rings (SSSR count). The summed E-state index contributed by atoms with van der Waals surface area (Å²) in [6, 6.07) is 5.31. The molecule has 2 saturated heterocycles. The third-order valence-corrected chi connectivity index (χ3v) is 28.4. The summed E-state index contributed by atoms with van der Waals surface area (Å²) < 4.78 is 20.1. The van der Waals surface area contributed by atoms with Gasteiger partial charge in [0.2, 0.25) is 88.8 Å². The molecule has 5 aliphatic rings. The van der Waals surface area contributed by atoms with E-state index in [-0.39, 0.29) is 165 Å². The average Bonchev–Trinajstić information content (AvgIpc) is 1.63. The Morgan fingerprint density at radius 1 is 0.567 bits per heavy atom. The number of carbonyl (C=O) groups excluding carboxylic acids is 17. The average molecular weight is 2120 g/mol. The second-order valence-corrected chi connectivity index (χ2v) is 41.9. The second-order valence-electron chi connectivity index (χ2n) is 40.2. The topological polar surface area (TPSA) is 649 Å². The zero-order valence-electron chi connectivity index (χ0n) is 84.9. The molecule has 0 aliphatic carbocycles. The van der Waals surface area contributed by atoms with Crippen LogP contribution in [0.5, 0.6) is 0 Å². The summed E-state index contributed by atoms with van der Waals surface area (Å²) in [5.74, 6) is -21.0. The number of nitrogens with zero attached hydrogens (tertiary/aromatic N) is 5. The fourth-order valence-electron chi connectivity index (χ4n) is 18.5. The van der Waals surface area contributed by atoms with Crippen LogP contribution >= 0.6 is 22.7 Å². The number of nitrogens with two attached hydrogens (primary N) is 1. The van der Waals surface area contributed by atoms with E-state index in [2.05, 4.69) is 79.4 Å². The van der Waals surface area contributed by atoms with Gasteiger partial charge in [0.15, 0.2) is 0 Å². The molecule has 6 aromatic rings. The molecule has 3 aromatic heterocycles. The molecule has 2 fully saturated rings. The van der Waals surface area contributed by atoms with Crippen molar-refractivity contribution < 1.29 is 125 Å². The predicted molar refractivity (Wildman–Crippen MR) is 543 cm³/mol. The molecule has 5 aliphatic heterocycles. The lowest BCUT2D eigenvalue weighted by atomic mass is 9.83. The van der Waals surface area contributed by atoms with Crippen LogP contribution < -0.4 is 74.9 Å². The first-order valence-electron chi connectivity index (χ1n) is 50.0. The molecule has 150 heavy (non-hydrogen) atoms. The Labute approximate surface area is 873 Å². The fraction of sp³-hybridized carbons (Fsp3) is 0.515. The number of hydrogen-bond donors (Lipinski definition) is 17. The lowest BCUT2D eigenvalue weighted by Gasteiger charge is -2.38. The number of thiophene rings is 2. The summed E-state index contributed by atoms with van der Waals surface area (Å²) in [7, 11) is 0. The first kappa shape index (κ1) is 115. The van der Waals surface area contributed by atoms with E-state index in [4.69, 9.17) is 19.9 Å². The van der Waals surface area contributed by atoms with Crippen molar-refractivity contribution in [3.05, 3.63) is 165 Å². The molecule has 3 spiro atoms. The smallest absolute Gasteiger partial charge is 0.409 e. The first-order chi connectivity index (χ1) is 71.2. The normalized spacial score (nSPS) is 26.3. The van der Waals surface area contributed by atoms with E-state index in [0.29, 0.717) is 28.5 Å². The van der Waals surface area contributed by atoms with Crippen molar-refractivity contribution in [3.63, 3.8) is 0 Å². The van der Waals surface area contributed by atoms with E-state index in [9.17, 15) is 68.1 Å². The van der Waals surface area contributed by atoms with E-state index in [1.165, 1.54) is 97.3 Å². The minimum absolute atomic E-state index is 0.00353. The van der Waals surface area contributed by atoms with Crippen LogP contribution in [0.3, 0.4) is 0 Å². The van der Waals surface area contributed by atoms with Crippen LogP contribution in [0.2, 0.25) is 0 Å². The molecule has 0 radical (unpaired) electrons. The summed E-state index contributed by atoms with van der Waals surface area (Å²) in [6.45, 7) is 9.41. The number of likely N-dealkylation sites (tertiary alicyclic amines) is 1. The Morgan fingerprint density at radius 3 is 1.83 bits per heavy atom. The van der Waals surface area contributed by atoms with E-state index in [1.807, 2.05) is 12.1 Å². The van der Waals surface area contributed by atoms with Gasteiger partial charge in [-0.3, -0.25) is 86.2 Å². The van der Waals surface area contributed by atoms with Gasteiger partial charge in [0.25, 0.3) is 5.91 Å². The van der Waals surface area contributed by atoms with Gasteiger partial charge in [-0.1, -0.05) is 111 Å². The molecule has 0 unspecified atom stereocenters. The number of cyclic esters (lactones) is 2. The monoisotopic (exact) mass is 2120 g/mol. The lowest BCUT2D eigenvalue weighted by molar-refractivity contribution is -0.163. The van der Waals surface area contributed by atoms with E-state index in [0.717, 1.165) is 9.60 Å². The van der Waals surface area contributed by atoms with Crippen LogP contribution in [0.4, 0.5) is 4.79 Å². The van der Waals surface area contributed by atoms with Crippen LogP contribution in [-0.2, 0) is 139 Å². The predicted octanol–water partition coefficient (Wildman–Crippen LogP) is 3.07. The number of rotatable bonds is 17. The number of aromatic nitrogens is 3. The molecule has 16 amide bonds. The number of hydrogen-bond acceptors (Lipinski definition) is 27. The Hall–Kier alpha value is -14.9. The molecular formula is C103H133N19O26S2. The van der Waals surface area contributed by atoms with E-state index in [1.54, 1.807) is 110 Å². The van der Waals surface area contributed by atoms with Gasteiger partial charge in [-0.05, 0) is 204 Å². The number of aromatic carboxylic acids is 1. The highest BCUT2D eigenvalue weighted by atomic mass is 32.1. The first-order valence-corrected chi connectivity index (χ1v) is 51.8. The highest BCUT2D eigenvalue weighted by molar-refractivity contribution is 7.17. The third kappa shape index (κ3) is 32.3. The van der Waals surface area contributed by atoms with Crippen molar-refractivity contribution >= 4 is 151 Å². The molecule has 808 valence electrons. The standard InChI is InChI=1S/C103H133N19O26S2/c1-60(82(104)128)105-91(137)78-56-146-55-68-54-121(119-118-68)41-24-20-33-70-88(134)117-102(96(143)112-72(49-65-35-45-149-57-65)85(131)110-76(93(140)148-78)50-67-58-150-79-34-19-18-32-69(67)79)40-43-120(59-102)98(145)147-44-25-14-10-9-11-21-36-101(37-22-12-13-23-38-103(39-27-42-122(103)62(3)123)97(144)114-75(52-81(126)127)87(133)111-77(90(136)116-101)53-99(4,5)6)95(142)113-74(51-80(124)125)86(132)109-73(48-64-30-26-31-66(46-64)92(138)139)89(135)115-100(7,8)94(141)106-61(2)83(129)108-71(84(130)107-70)47-63-28-16-15-17-29-63/h9-10,13,15-19,23,26,28-32,34-35,45-46,54,57-58,60-61,70-78H,11-12,14,20-22,24-25,27,33,36-44,47-53,55-56,59H2,1-8H3,(H2,104,128)(H,105,137)(H,106,141)(H,107,130)(H,108,129)(H,109,132)(H,110,131)(H,111,133)(H,112,143)(H,113,142)(H,114,144)(H,115,135)(H,116,136)(H,117,134)(H,124,125)(H,126,127)(H,138,139)/b10-9+,23-13+/t60-,61-,70-,71-,72-,73-,74-,75-,76-,77-,78-,101+,102-,103-/m0/s1. The Morgan fingerprint density at radius 2 is 1.16 bits per heavy atom. The maximum Gasteiger partial charge on any atom is 0.409 e. The van der Waals surface area contributed by atoms with Crippen LogP contribution in [0.25, 0.3) is 10.1 Å². The van der Waals surface area contributed by atoms with Gasteiger partial charge in [0.1, 0.15) is 88.3 Å². The van der Waals surface area contributed by atoms with Crippen LogP contribution in [0.15, 0.2) is 132 Å². The molecule has 47 heteroatoms. The van der Waals surface area contributed by atoms with Gasteiger partial charge >= 0.3 is 30.0 Å². The number of fused-ring (bicyclic) bond motifs is 6. The number of carboxylic acids is 3. The number of aryl methyl sites for hydroxylation is 1. The number of amides is 16. The molecule has 14 atom stereocenters. The lowest BCUT2D eigenvalue weighted by Crippen LogP contribution is -2.66. The highest BCUT2D eigenvalue weighted by Gasteiger charge is 2.53. The third-order valence-electron chi connectivity index (χ3n) is 26.7. The summed E-state index contributed by atoms with van der Waals surface area (Å²) in [4.78, 5) is 296. The fourth-order valence-corrected chi connectivity index (χ4v) is 20.1. The summed E-state index contributed by atoms with van der Waals surface area (Å²) in [5, 5.41) is 80.2. The Balaban J connectivity index is 0.980. The SMILES string of the molecule is CC(=O)N1CCC[C@]12C/C=C/CCC[C@@]1(CCC/C=C/CCCOC(=O)N3CC[C@@]4(C3)NC(=O)[C@H](CCCCn3cc(nn3)COC[C@@H](C(=O)N[C@@H](C)C(N)=O)OC(=O)[C@H](Cc3csc5ccccc35)NC(=O)[C@H](Cc3ccsc3)NC4=O)NC(=O)[C@H](Cc3ccccc3)NC(=O)[C@H](C)NC(=O)C(C)(C)NC(=O)[C@H](Cc3cccc(C(=O)O)c3)NC(=O)[C@H](CC(=O)O)NC1=O)NC(=O)[C@H](CC(C)(C)C)NC(=O)[C@H](CC(=O)O)NC2=O. The van der Waals surface area contributed by atoms with Gasteiger partial charge in [-0.2, -0.15) is 11.3 Å². The van der Waals surface area contributed by atoms with Crippen molar-refractivity contribution in [3.8, 4) is 0 Å². The summed E-state index contributed by atoms with van der Waals surface area (Å²) in [6.07, 6.45) is 1.45. The van der Waals surface area contributed by atoms with Gasteiger partial charge in [-0.15, -0.1) is 16.4 Å². The highest BCUT2D eigenvalue weighted by Crippen LogP contribution is 2.36. The molecule has 8 heterocycles. The maximum atomic E-state index is 16.2. The van der Waals surface area contributed by atoms with Crippen molar-refractivity contribution in [1.29, 1.82) is 0 Å². The molecule has 0 saturated carbocycles. The van der Waals surface area contributed by atoms with Gasteiger partial charge < -0.3 is 114 Å². The zero-order chi connectivity index (χ0) is 109. The molecule has 45 nitrogen and oxygen atoms in total. The van der Waals surface area contributed by atoms with Crippen LogP contribution in [-0.4, -0.2) is 280 Å². The number of ether oxygens (including phenoxy) is 3. The second kappa shape index (κ2) is 52.8. The number of carbonyl (C=O) groups is 20. The molecular weight excluding hydrogens is 1980 g/mol. The van der Waals surface area contributed by atoms with E-state index < -0.39 is 245 Å². The quantitative estimate of drug-likeness (QED) is 0.0461. The minimum Gasteiger partial charge on any atom is -0.481 e. The van der Waals surface area contributed by atoms with Gasteiger partial charge in [0.05, 0.1) is 51.0 Å². The number of allylic oxidation sites excluding steroid dienone is 3. The minimum atomic E-state index is -2.24. The molecule has 5 bridgehead atoms. The Bertz CT molecular complexity index is 6000. The summed E-state index contributed by atoms with van der Waals surface area (Å²) in [5.41, 5.74) is -1.94. The molecule has 3 aromatic carbocycles. The van der Waals surface area contributed by atoms with Crippen molar-refractivity contribution in [2.24, 2.45) is 11.1 Å². The van der Waals surface area contributed by atoms with Crippen molar-refractivity contribution in [2.45, 2.75) is 298 Å². The number of aliphatic carboxylic acids is 2. The van der Waals surface area contributed by atoms with Gasteiger partial charge in [-0.25, -0.2) is 14.4 Å². The van der Waals surface area contributed by atoms with Gasteiger partial charge in [0, 0.05) is 56.9 Å². The number of benzene rings is 3. The number of carboxylic acid groups (broad SMARTS) is 3. The largest absolute Gasteiger partial charge is 0.481 e. The van der Waals surface area contributed by atoms with Crippen LogP contribution in [0, 0.1) is 5.41 Å². The maximum absolute atomic E-state index is 16.2. The number of primary amides is 1. The van der Waals surface area contributed by atoms with Crippen molar-refractivity contribution in [2.75, 3.05) is 32.8 Å². The zero-order valence-corrected chi connectivity index (χ0v) is 86.6. The number of esters is 1. The Kier molecular flexibility index (Phi) is 40.6. The summed E-state index contributed by atoms with van der Waals surface area (Å²) >= 11 is 2.59. The van der Waals surface area contributed by atoms with E-state index >= 15 is 43.2 Å².